The molecule has 0 aliphatic carbocycles. The number of rotatable bonds is 6. The summed E-state index contributed by atoms with van der Waals surface area (Å²) in [6, 6.07) is 9.09. The highest BCUT2D eigenvalue weighted by Gasteiger charge is 2.31. The van der Waals surface area contributed by atoms with Crippen LogP contribution in [0.15, 0.2) is 30.3 Å². The van der Waals surface area contributed by atoms with E-state index in [2.05, 4.69) is 10.6 Å². The highest BCUT2D eigenvalue weighted by molar-refractivity contribution is 7.92. The fourth-order valence-electron chi connectivity index (χ4n) is 1.55. The minimum Gasteiger partial charge on any atom is -0.349 e. The summed E-state index contributed by atoms with van der Waals surface area (Å²) in [5.41, 5.74) is 0.844. The van der Waals surface area contributed by atoms with Crippen molar-refractivity contribution in [2.45, 2.75) is 25.8 Å². The van der Waals surface area contributed by atoms with Crippen LogP contribution in [0.5, 0.6) is 0 Å². The summed E-state index contributed by atoms with van der Waals surface area (Å²) in [6.07, 6.45) is 0. The van der Waals surface area contributed by atoms with E-state index in [0.29, 0.717) is 0 Å². The second-order valence-corrected chi connectivity index (χ2v) is 6.61. The number of nitrogens with one attached hydrogen (secondary N) is 2. The van der Waals surface area contributed by atoms with Gasteiger partial charge in [-0.1, -0.05) is 37.3 Å². The minimum atomic E-state index is -3.70. The van der Waals surface area contributed by atoms with Gasteiger partial charge in [0, 0.05) is 19.2 Å². The number of benzene rings is 1. The third-order valence-electron chi connectivity index (χ3n) is 2.64. The van der Waals surface area contributed by atoms with Gasteiger partial charge in [-0.2, -0.15) is 0 Å². The first-order chi connectivity index (χ1) is 9.36. The lowest BCUT2D eigenvalue weighted by Gasteiger charge is -2.17. The molecule has 1 aromatic carbocycles. The number of carbonyl (C=O) groups excluding carboxylic acids is 2. The first-order valence-corrected chi connectivity index (χ1v) is 7.88. The average molecular weight is 298 g/mol. The topological polar surface area (TPSA) is 92.3 Å². The number of hydrogen-bond donors (Lipinski definition) is 2. The Morgan fingerprint density at radius 3 is 2.30 bits per heavy atom. The van der Waals surface area contributed by atoms with Crippen molar-refractivity contribution in [2.24, 2.45) is 0 Å². The summed E-state index contributed by atoms with van der Waals surface area (Å²) in [5.74, 6) is -1.52. The molecule has 6 nitrogen and oxygen atoms in total. The lowest BCUT2D eigenvalue weighted by Crippen LogP contribution is -2.51. The number of carbonyl (C=O) groups is 2. The molecule has 1 unspecified atom stereocenters. The third kappa shape index (κ3) is 4.65. The molecule has 7 heteroatoms. The average Bonchev–Trinajstić information content (AvgIpc) is 2.43. The first kappa shape index (κ1) is 16.2. The second-order valence-electron chi connectivity index (χ2n) is 4.24. The standard InChI is InChI=1S/C13H18N2O4S/c1-3-20(18,19)13(15-10(2)16)12(17)14-9-11-7-5-4-6-8-11/h4-8,13H,3,9H2,1-2H3,(H,14,17)(H,15,16). The van der Waals surface area contributed by atoms with E-state index in [0.717, 1.165) is 5.56 Å². The number of amides is 2. The first-order valence-electron chi connectivity index (χ1n) is 6.17. The molecular weight excluding hydrogens is 280 g/mol. The van der Waals surface area contributed by atoms with Crippen LogP contribution in [0.1, 0.15) is 19.4 Å². The van der Waals surface area contributed by atoms with E-state index in [4.69, 9.17) is 0 Å². The molecule has 0 fully saturated rings. The van der Waals surface area contributed by atoms with Crippen LogP contribution >= 0.6 is 0 Å². The van der Waals surface area contributed by atoms with Crippen molar-refractivity contribution in [3.05, 3.63) is 35.9 Å². The Morgan fingerprint density at radius 2 is 1.80 bits per heavy atom. The molecule has 0 saturated carbocycles. The summed E-state index contributed by atoms with van der Waals surface area (Å²) in [7, 11) is -3.70. The quantitative estimate of drug-likeness (QED) is 0.784. The van der Waals surface area contributed by atoms with Crippen LogP contribution in [0.4, 0.5) is 0 Å². The highest BCUT2D eigenvalue weighted by atomic mass is 32.2. The van der Waals surface area contributed by atoms with Crippen molar-refractivity contribution in [3.63, 3.8) is 0 Å². The van der Waals surface area contributed by atoms with E-state index >= 15 is 0 Å². The Labute approximate surface area is 118 Å². The molecule has 0 aliphatic rings. The molecule has 1 aromatic rings. The normalized spacial score (nSPS) is 12.5. The molecule has 110 valence electrons. The van der Waals surface area contributed by atoms with Crippen molar-refractivity contribution < 1.29 is 18.0 Å². The Bertz CT molecular complexity index is 569. The monoisotopic (exact) mass is 298 g/mol. The van der Waals surface area contributed by atoms with Gasteiger partial charge in [-0.05, 0) is 5.56 Å². The molecule has 0 saturated heterocycles. The van der Waals surface area contributed by atoms with Crippen molar-refractivity contribution in [1.82, 2.24) is 10.6 Å². The van der Waals surface area contributed by atoms with Crippen molar-refractivity contribution in [3.8, 4) is 0 Å². The van der Waals surface area contributed by atoms with E-state index < -0.39 is 27.0 Å². The van der Waals surface area contributed by atoms with Crippen LogP contribution in [-0.4, -0.2) is 31.4 Å². The molecule has 0 bridgehead atoms. The Kier molecular flexibility index (Phi) is 5.69. The maximum atomic E-state index is 12.0. The summed E-state index contributed by atoms with van der Waals surface area (Å²) >= 11 is 0. The minimum absolute atomic E-state index is 0.203. The van der Waals surface area contributed by atoms with Crippen molar-refractivity contribution in [1.29, 1.82) is 0 Å². The van der Waals surface area contributed by atoms with E-state index in [9.17, 15) is 18.0 Å². The summed E-state index contributed by atoms with van der Waals surface area (Å²) < 4.78 is 23.6. The summed E-state index contributed by atoms with van der Waals surface area (Å²) in [6.45, 7) is 2.80. The lowest BCUT2D eigenvalue weighted by atomic mass is 10.2. The van der Waals surface area contributed by atoms with Crippen molar-refractivity contribution in [2.75, 3.05) is 5.75 Å². The Balaban J connectivity index is 2.76. The SMILES string of the molecule is CCS(=O)(=O)C(NC(C)=O)C(=O)NCc1ccccc1. The molecule has 0 spiro atoms. The highest BCUT2D eigenvalue weighted by Crippen LogP contribution is 2.02. The van der Waals surface area contributed by atoms with Crippen LogP contribution < -0.4 is 10.6 Å². The molecule has 1 atom stereocenters. The maximum absolute atomic E-state index is 12.0. The molecule has 0 radical (unpaired) electrons. The van der Waals surface area contributed by atoms with Crippen LogP contribution in [0, 0.1) is 0 Å². The molecule has 1 rings (SSSR count). The van der Waals surface area contributed by atoms with Crippen LogP contribution in [0.25, 0.3) is 0 Å². The number of hydrogen-bond acceptors (Lipinski definition) is 4. The zero-order valence-electron chi connectivity index (χ0n) is 11.4. The predicted octanol–water partition coefficient (Wildman–Crippen LogP) is 0.200. The van der Waals surface area contributed by atoms with Gasteiger partial charge in [0.25, 0.3) is 5.91 Å². The third-order valence-corrected chi connectivity index (χ3v) is 4.50. The smallest absolute Gasteiger partial charge is 0.258 e. The van der Waals surface area contributed by atoms with E-state index in [1.165, 1.54) is 13.8 Å². The molecular formula is C13H18N2O4S. The Morgan fingerprint density at radius 1 is 1.20 bits per heavy atom. The van der Waals surface area contributed by atoms with Crippen molar-refractivity contribution >= 4 is 21.7 Å². The van der Waals surface area contributed by atoms with Crippen LogP contribution in [0.2, 0.25) is 0 Å². The molecule has 0 aromatic heterocycles. The fourth-order valence-corrected chi connectivity index (χ4v) is 2.64. The largest absolute Gasteiger partial charge is 0.349 e. The van der Waals surface area contributed by atoms with Gasteiger partial charge in [0.05, 0.1) is 0 Å². The van der Waals surface area contributed by atoms with Crippen LogP contribution in [0.3, 0.4) is 0 Å². The zero-order chi connectivity index (χ0) is 15.2. The second kappa shape index (κ2) is 7.04. The van der Waals surface area contributed by atoms with Crippen LogP contribution in [-0.2, 0) is 26.0 Å². The predicted molar refractivity (Wildman–Crippen MR) is 75.4 cm³/mol. The molecule has 20 heavy (non-hydrogen) atoms. The van der Waals surface area contributed by atoms with Gasteiger partial charge in [0.1, 0.15) is 0 Å². The van der Waals surface area contributed by atoms with E-state index in [1.54, 1.807) is 0 Å². The van der Waals surface area contributed by atoms with Gasteiger partial charge in [-0.15, -0.1) is 0 Å². The lowest BCUT2D eigenvalue weighted by molar-refractivity contribution is -0.126. The van der Waals surface area contributed by atoms with Gasteiger partial charge in [-0.3, -0.25) is 9.59 Å². The molecule has 2 amide bonds. The van der Waals surface area contributed by atoms with Gasteiger partial charge < -0.3 is 10.6 Å². The fraction of sp³-hybridized carbons (Fsp3) is 0.385. The zero-order valence-corrected chi connectivity index (χ0v) is 12.2. The van der Waals surface area contributed by atoms with E-state index in [1.807, 2.05) is 30.3 Å². The summed E-state index contributed by atoms with van der Waals surface area (Å²) in [5, 5.41) is 3.13. The van der Waals surface area contributed by atoms with Gasteiger partial charge in [-0.25, -0.2) is 8.42 Å². The van der Waals surface area contributed by atoms with E-state index in [-0.39, 0.29) is 12.3 Å². The summed E-state index contributed by atoms with van der Waals surface area (Å²) in [4.78, 5) is 23.0. The molecule has 0 heterocycles. The molecule has 0 aliphatic heterocycles. The van der Waals surface area contributed by atoms with Gasteiger partial charge in [0.15, 0.2) is 9.84 Å². The maximum Gasteiger partial charge on any atom is 0.258 e. The molecule has 2 N–H and O–H groups in total. The van der Waals surface area contributed by atoms with Gasteiger partial charge >= 0.3 is 0 Å². The number of sulfone groups is 1. The van der Waals surface area contributed by atoms with Gasteiger partial charge in [0.2, 0.25) is 11.3 Å². The Hall–Kier alpha value is -1.89.